The Labute approximate surface area is 94.2 Å². The molecule has 1 aromatic rings. The maximum atomic E-state index is 11.6. The molecule has 0 aromatic carbocycles. The molecule has 0 atom stereocenters. The summed E-state index contributed by atoms with van der Waals surface area (Å²) in [7, 11) is 0. The first-order valence-corrected chi connectivity index (χ1v) is 5.69. The van der Waals surface area contributed by atoms with Crippen molar-refractivity contribution in [3.8, 4) is 0 Å². The van der Waals surface area contributed by atoms with E-state index in [-0.39, 0.29) is 5.91 Å². The topological polar surface area (TPSA) is 78.0 Å². The lowest BCUT2D eigenvalue weighted by atomic mass is 9.85. The van der Waals surface area contributed by atoms with Gasteiger partial charge < -0.3 is 10.4 Å². The lowest BCUT2D eigenvalue weighted by Crippen LogP contribution is -2.44. The van der Waals surface area contributed by atoms with E-state index in [1.54, 1.807) is 6.20 Å². The molecule has 1 aliphatic carbocycles. The van der Waals surface area contributed by atoms with E-state index in [4.69, 9.17) is 0 Å². The molecule has 5 nitrogen and oxygen atoms in total. The second-order valence-corrected chi connectivity index (χ2v) is 4.45. The van der Waals surface area contributed by atoms with Crippen LogP contribution in [0.3, 0.4) is 0 Å². The average molecular weight is 223 g/mol. The molecule has 1 heterocycles. The Kier molecular flexibility index (Phi) is 3.24. The minimum Gasteiger partial charge on any atom is -0.388 e. The lowest BCUT2D eigenvalue weighted by molar-refractivity contribution is 0.00526. The fourth-order valence-corrected chi connectivity index (χ4v) is 2.11. The highest BCUT2D eigenvalue weighted by Crippen LogP contribution is 2.27. The van der Waals surface area contributed by atoms with Crippen LogP contribution in [0.4, 0.5) is 0 Å². The largest absolute Gasteiger partial charge is 0.388 e. The molecule has 5 heteroatoms. The third-order valence-electron chi connectivity index (χ3n) is 3.12. The van der Waals surface area contributed by atoms with Crippen molar-refractivity contribution in [3.63, 3.8) is 0 Å². The minimum absolute atomic E-state index is 0.187. The first-order chi connectivity index (χ1) is 7.70. The zero-order chi connectivity index (χ0) is 11.4. The molecular weight excluding hydrogens is 206 g/mol. The standard InChI is InChI=1S/C11H17N3O2/c15-10(9-6-13-14-7-9)12-8-11(16)4-2-1-3-5-11/h6-7,16H,1-5,8H2,(H,12,15)(H,13,14). The minimum atomic E-state index is -0.711. The molecule has 0 aliphatic heterocycles. The van der Waals surface area contributed by atoms with E-state index >= 15 is 0 Å². The zero-order valence-electron chi connectivity index (χ0n) is 9.20. The van der Waals surface area contributed by atoms with E-state index in [1.807, 2.05) is 0 Å². The summed E-state index contributed by atoms with van der Waals surface area (Å²) in [6.07, 6.45) is 7.83. The van der Waals surface area contributed by atoms with E-state index < -0.39 is 5.60 Å². The summed E-state index contributed by atoms with van der Waals surface area (Å²) in [5, 5.41) is 19.2. The summed E-state index contributed by atoms with van der Waals surface area (Å²) in [6, 6.07) is 0. The van der Waals surface area contributed by atoms with Gasteiger partial charge in [0.15, 0.2) is 0 Å². The normalized spacial score (nSPS) is 19.3. The third-order valence-corrected chi connectivity index (χ3v) is 3.12. The number of aromatic amines is 1. The monoisotopic (exact) mass is 223 g/mol. The van der Waals surface area contributed by atoms with Crippen LogP contribution in [0.1, 0.15) is 42.5 Å². The number of nitrogens with one attached hydrogen (secondary N) is 2. The number of hydrogen-bond acceptors (Lipinski definition) is 3. The Bertz CT molecular complexity index is 342. The summed E-state index contributed by atoms with van der Waals surface area (Å²) in [4.78, 5) is 11.6. The van der Waals surface area contributed by atoms with Crippen LogP contribution in [-0.4, -0.2) is 33.4 Å². The van der Waals surface area contributed by atoms with Gasteiger partial charge in [0.25, 0.3) is 5.91 Å². The van der Waals surface area contributed by atoms with Gasteiger partial charge in [-0.3, -0.25) is 9.89 Å². The number of hydrogen-bond donors (Lipinski definition) is 3. The van der Waals surface area contributed by atoms with E-state index in [0.29, 0.717) is 12.1 Å². The van der Waals surface area contributed by atoms with Crippen molar-refractivity contribution in [2.45, 2.75) is 37.7 Å². The molecule has 16 heavy (non-hydrogen) atoms. The molecule has 0 unspecified atom stereocenters. The molecule has 1 aliphatic rings. The van der Waals surface area contributed by atoms with Crippen molar-refractivity contribution in [1.82, 2.24) is 15.5 Å². The number of rotatable bonds is 3. The smallest absolute Gasteiger partial charge is 0.254 e. The molecule has 3 N–H and O–H groups in total. The third kappa shape index (κ3) is 2.61. The second kappa shape index (κ2) is 4.65. The Balaban J connectivity index is 1.84. The van der Waals surface area contributed by atoms with Gasteiger partial charge in [-0.05, 0) is 12.8 Å². The van der Waals surface area contributed by atoms with Crippen LogP contribution in [0, 0.1) is 0 Å². The van der Waals surface area contributed by atoms with Gasteiger partial charge in [-0.15, -0.1) is 0 Å². The van der Waals surface area contributed by atoms with Crippen LogP contribution >= 0.6 is 0 Å². The van der Waals surface area contributed by atoms with Crippen molar-refractivity contribution in [3.05, 3.63) is 18.0 Å². The maximum absolute atomic E-state index is 11.6. The van der Waals surface area contributed by atoms with Crippen molar-refractivity contribution in [1.29, 1.82) is 0 Å². The number of H-pyrrole nitrogens is 1. The second-order valence-electron chi connectivity index (χ2n) is 4.45. The Morgan fingerprint density at radius 1 is 1.50 bits per heavy atom. The predicted molar refractivity (Wildman–Crippen MR) is 59.0 cm³/mol. The Morgan fingerprint density at radius 2 is 2.25 bits per heavy atom. The highest BCUT2D eigenvalue weighted by atomic mass is 16.3. The van der Waals surface area contributed by atoms with Crippen molar-refractivity contribution in [2.75, 3.05) is 6.54 Å². The van der Waals surface area contributed by atoms with Crippen LogP contribution in [-0.2, 0) is 0 Å². The highest BCUT2D eigenvalue weighted by molar-refractivity contribution is 5.93. The Morgan fingerprint density at radius 3 is 2.88 bits per heavy atom. The summed E-state index contributed by atoms with van der Waals surface area (Å²) in [5.74, 6) is -0.187. The molecule has 1 aromatic heterocycles. The van der Waals surface area contributed by atoms with Crippen LogP contribution in [0.15, 0.2) is 12.4 Å². The first kappa shape index (κ1) is 11.1. The van der Waals surface area contributed by atoms with Gasteiger partial charge >= 0.3 is 0 Å². The van der Waals surface area contributed by atoms with Crippen molar-refractivity contribution in [2.24, 2.45) is 0 Å². The molecule has 1 amide bonds. The van der Waals surface area contributed by atoms with Crippen LogP contribution < -0.4 is 5.32 Å². The van der Waals surface area contributed by atoms with Gasteiger partial charge in [0, 0.05) is 12.7 Å². The molecule has 2 rings (SSSR count). The van der Waals surface area contributed by atoms with Crippen LogP contribution in [0.25, 0.3) is 0 Å². The zero-order valence-corrected chi connectivity index (χ0v) is 9.20. The molecule has 0 bridgehead atoms. The molecule has 0 spiro atoms. The molecular formula is C11H17N3O2. The number of aromatic nitrogens is 2. The number of carbonyl (C=O) groups is 1. The average Bonchev–Trinajstić information content (AvgIpc) is 2.80. The van der Waals surface area contributed by atoms with E-state index in [1.165, 1.54) is 12.6 Å². The number of aliphatic hydroxyl groups is 1. The number of amides is 1. The summed E-state index contributed by atoms with van der Waals surface area (Å²) < 4.78 is 0. The van der Waals surface area contributed by atoms with Crippen molar-refractivity contribution >= 4 is 5.91 Å². The van der Waals surface area contributed by atoms with E-state index in [2.05, 4.69) is 15.5 Å². The predicted octanol–water partition coefficient (Wildman–Crippen LogP) is 0.835. The van der Waals surface area contributed by atoms with Gasteiger partial charge in [-0.2, -0.15) is 5.10 Å². The lowest BCUT2D eigenvalue weighted by Gasteiger charge is -2.32. The van der Waals surface area contributed by atoms with Crippen LogP contribution in [0.5, 0.6) is 0 Å². The summed E-state index contributed by atoms with van der Waals surface area (Å²) in [5.41, 5.74) is -0.211. The SMILES string of the molecule is O=C(NCC1(O)CCCCC1)c1cn[nH]c1. The van der Waals surface area contributed by atoms with E-state index in [0.717, 1.165) is 25.7 Å². The van der Waals surface area contributed by atoms with Gasteiger partial charge in [0.1, 0.15) is 0 Å². The fourth-order valence-electron chi connectivity index (χ4n) is 2.11. The first-order valence-electron chi connectivity index (χ1n) is 5.69. The highest BCUT2D eigenvalue weighted by Gasteiger charge is 2.29. The fraction of sp³-hybridized carbons (Fsp3) is 0.636. The van der Waals surface area contributed by atoms with Crippen LogP contribution in [0.2, 0.25) is 0 Å². The quantitative estimate of drug-likeness (QED) is 0.710. The molecule has 88 valence electrons. The Hall–Kier alpha value is -1.36. The molecule has 0 saturated heterocycles. The summed E-state index contributed by atoms with van der Waals surface area (Å²) >= 11 is 0. The summed E-state index contributed by atoms with van der Waals surface area (Å²) in [6.45, 7) is 0.330. The molecule has 1 fully saturated rings. The van der Waals surface area contributed by atoms with Crippen molar-refractivity contribution < 1.29 is 9.90 Å². The number of nitrogens with zero attached hydrogens (tertiary/aromatic N) is 1. The van der Waals surface area contributed by atoms with Gasteiger partial charge in [0.2, 0.25) is 0 Å². The van der Waals surface area contributed by atoms with Gasteiger partial charge in [0.05, 0.1) is 17.4 Å². The van der Waals surface area contributed by atoms with E-state index in [9.17, 15) is 9.90 Å². The van der Waals surface area contributed by atoms with Gasteiger partial charge in [-0.1, -0.05) is 19.3 Å². The maximum Gasteiger partial charge on any atom is 0.254 e. The molecule has 1 saturated carbocycles. The van der Waals surface area contributed by atoms with Gasteiger partial charge in [-0.25, -0.2) is 0 Å². The number of carbonyl (C=O) groups excluding carboxylic acids is 1. The molecule has 0 radical (unpaired) electrons.